The lowest BCUT2D eigenvalue weighted by molar-refractivity contribution is 0.111. The van der Waals surface area contributed by atoms with E-state index in [1.54, 1.807) is 19.2 Å². The maximum atomic E-state index is 13.0. The third kappa shape index (κ3) is 8.83. The van der Waals surface area contributed by atoms with Crippen LogP contribution in [0.25, 0.3) is 0 Å². The summed E-state index contributed by atoms with van der Waals surface area (Å²) in [6.45, 7) is 4.90. The summed E-state index contributed by atoms with van der Waals surface area (Å²) < 4.78 is 41.0. The van der Waals surface area contributed by atoms with E-state index in [9.17, 15) is 12.8 Å². The van der Waals surface area contributed by atoms with Crippen LogP contribution in [-0.2, 0) is 14.6 Å². The zero-order valence-electron chi connectivity index (χ0n) is 15.3. The van der Waals surface area contributed by atoms with Gasteiger partial charge in [-0.25, -0.2) is 12.8 Å². The van der Waals surface area contributed by atoms with Crippen molar-refractivity contribution in [1.29, 1.82) is 0 Å². The Labute approximate surface area is 149 Å². The van der Waals surface area contributed by atoms with Crippen molar-refractivity contribution in [3.63, 3.8) is 0 Å². The van der Waals surface area contributed by atoms with E-state index in [0.29, 0.717) is 25.5 Å². The fourth-order valence-electron chi connectivity index (χ4n) is 2.18. The smallest absolute Gasteiger partial charge is 0.191 e. The summed E-state index contributed by atoms with van der Waals surface area (Å²) in [5, 5.41) is 6.31. The first-order chi connectivity index (χ1) is 11.7. The lowest BCUT2D eigenvalue weighted by atomic mass is 10.1. The first-order valence-corrected chi connectivity index (χ1v) is 10.3. The van der Waals surface area contributed by atoms with Gasteiger partial charge in [-0.15, -0.1) is 0 Å². The van der Waals surface area contributed by atoms with Crippen LogP contribution in [0.1, 0.15) is 31.9 Å². The molecule has 25 heavy (non-hydrogen) atoms. The van der Waals surface area contributed by atoms with Gasteiger partial charge in [0.2, 0.25) is 0 Å². The van der Waals surface area contributed by atoms with Crippen LogP contribution in [0, 0.1) is 5.82 Å². The largest absolute Gasteiger partial charge is 0.375 e. The molecule has 142 valence electrons. The normalized spacial score (nSPS) is 14.8. The summed E-state index contributed by atoms with van der Waals surface area (Å²) in [7, 11) is -1.41. The Bertz CT molecular complexity index is 648. The maximum Gasteiger partial charge on any atom is 0.191 e. The predicted octanol–water partition coefficient (Wildman–Crippen LogP) is 1.89. The van der Waals surface area contributed by atoms with E-state index in [2.05, 4.69) is 15.6 Å². The highest BCUT2D eigenvalue weighted by Crippen LogP contribution is 2.17. The van der Waals surface area contributed by atoms with Crippen LogP contribution < -0.4 is 10.6 Å². The van der Waals surface area contributed by atoms with E-state index >= 15 is 0 Å². The molecule has 0 bridgehead atoms. The average Bonchev–Trinajstić information content (AvgIpc) is 2.54. The van der Waals surface area contributed by atoms with Crippen LogP contribution in [0.3, 0.4) is 0 Å². The van der Waals surface area contributed by atoms with Crippen molar-refractivity contribution in [3.05, 3.63) is 35.6 Å². The minimum atomic E-state index is -2.99. The Hall–Kier alpha value is -1.67. The summed E-state index contributed by atoms with van der Waals surface area (Å²) in [6.07, 6.45) is 1.43. The molecule has 1 rings (SSSR count). The van der Waals surface area contributed by atoms with Crippen molar-refractivity contribution in [3.8, 4) is 0 Å². The topological polar surface area (TPSA) is 79.8 Å². The van der Waals surface area contributed by atoms with Gasteiger partial charge < -0.3 is 15.4 Å². The Morgan fingerprint density at radius 3 is 2.48 bits per heavy atom. The molecule has 1 aromatic rings. The summed E-state index contributed by atoms with van der Waals surface area (Å²) >= 11 is 0. The van der Waals surface area contributed by atoms with Gasteiger partial charge in [-0.1, -0.05) is 12.1 Å². The molecular weight excluding hydrogens is 345 g/mol. The monoisotopic (exact) mass is 373 g/mol. The SMILES string of the molecule is CCNC(=NCC(OC)c1ccc(F)cc1)NC(C)CCS(C)(=O)=O. The van der Waals surface area contributed by atoms with E-state index in [0.717, 1.165) is 5.56 Å². The van der Waals surface area contributed by atoms with Crippen molar-refractivity contribution in [2.75, 3.05) is 32.2 Å². The quantitative estimate of drug-likeness (QED) is 0.510. The third-order valence-electron chi connectivity index (χ3n) is 3.59. The number of methoxy groups -OCH3 is 1. The molecule has 2 atom stereocenters. The number of aliphatic imine (C=N–C) groups is 1. The molecule has 0 aromatic heterocycles. The fraction of sp³-hybridized carbons (Fsp3) is 0.588. The van der Waals surface area contributed by atoms with Gasteiger partial charge in [0.15, 0.2) is 5.96 Å². The van der Waals surface area contributed by atoms with Gasteiger partial charge in [0, 0.05) is 26.0 Å². The molecule has 8 heteroatoms. The minimum absolute atomic E-state index is 0.0423. The molecule has 1 aromatic carbocycles. The second kappa shape index (κ2) is 10.4. The molecule has 6 nitrogen and oxygen atoms in total. The van der Waals surface area contributed by atoms with Crippen molar-refractivity contribution in [2.45, 2.75) is 32.4 Å². The molecule has 0 saturated heterocycles. The molecule has 0 radical (unpaired) electrons. The lowest BCUT2D eigenvalue weighted by Crippen LogP contribution is -2.43. The number of nitrogens with one attached hydrogen (secondary N) is 2. The van der Waals surface area contributed by atoms with Gasteiger partial charge in [-0.2, -0.15) is 0 Å². The minimum Gasteiger partial charge on any atom is -0.375 e. The molecule has 2 N–H and O–H groups in total. The maximum absolute atomic E-state index is 13.0. The van der Waals surface area contributed by atoms with Crippen LogP contribution in [0.2, 0.25) is 0 Å². The summed E-state index contributed by atoms with van der Waals surface area (Å²) in [5.41, 5.74) is 0.841. The fourth-order valence-corrected chi connectivity index (χ4v) is 2.97. The first kappa shape index (κ1) is 21.4. The van der Waals surface area contributed by atoms with Crippen LogP contribution in [0.15, 0.2) is 29.3 Å². The molecule has 0 aliphatic rings. The summed E-state index contributed by atoms with van der Waals surface area (Å²) in [6, 6.07) is 6.09. The highest BCUT2D eigenvalue weighted by atomic mass is 32.2. The van der Waals surface area contributed by atoms with Crippen molar-refractivity contribution in [1.82, 2.24) is 10.6 Å². The second-order valence-corrected chi connectivity index (χ2v) is 8.22. The van der Waals surface area contributed by atoms with Crippen LogP contribution in [0.5, 0.6) is 0 Å². The summed E-state index contributed by atoms with van der Waals surface area (Å²) in [4.78, 5) is 4.49. The number of hydrogen-bond acceptors (Lipinski definition) is 4. The number of guanidine groups is 1. The molecule has 0 spiro atoms. The highest BCUT2D eigenvalue weighted by Gasteiger charge is 2.12. The number of nitrogens with zero attached hydrogens (tertiary/aromatic N) is 1. The van der Waals surface area contributed by atoms with Gasteiger partial charge in [-0.05, 0) is 38.0 Å². The Morgan fingerprint density at radius 2 is 1.96 bits per heavy atom. The van der Waals surface area contributed by atoms with Crippen molar-refractivity contribution in [2.24, 2.45) is 4.99 Å². The number of benzene rings is 1. The van der Waals surface area contributed by atoms with Gasteiger partial charge in [0.1, 0.15) is 21.8 Å². The zero-order chi connectivity index (χ0) is 18.9. The number of halogens is 1. The van der Waals surface area contributed by atoms with E-state index in [4.69, 9.17) is 4.74 Å². The summed E-state index contributed by atoms with van der Waals surface area (Å²) in [5.74, 6) is 0.418. The number of sulfone groups is 1. The zero-order valence-corrected chi connectivity index (χ0v) is 16.1. The second-order valence-electron chi connectivity index (χ2n) is 5.96. The molecule has 0 saturated carbocycles. The Kier molecular flexibility index (Phi) is 8.85. The molecular formula is C17H28FN3O3S. The van der Waals surface area contributed by atoms with Crippen LogP contribution >= 0.6 is 0 Å². The van der Waals surface area contributed by atoms with E-state index < -0.39 is 9.84 Å². The van der Waals surface area contributed by atoms with Gasteiger partial charge >= 0.3 is 0 Å². The average molecular weight is 373 g/mol. The Morgan fingerprint density at radius 1 is 1.32 bits per heavy atom. The van der Waals surface area contributed by atoms with E-state index in [1.165, 1.54) is 18.4 Å². The molecule has 0 aliphatic heterocycles. The standard InChI is InChI=1S/C17H28FN3O3S/c1-5-19-17(21-13(2)10-11-25(4,22)23)20-12-16(24-3)14-6-8-15(18)9-7-14/h6-9,13,16H,5,10-12H2,1-4H3,(H2,19,20,21). The molecule has 0 heterocycles. The molecule has 2 unspecified atom stereocenters. The predicted molar refractivity (Wildman–Crippen MR) is 99.1 cm³/mol. The van der Waals surface area contributed by atoms with Gasteiger partial charge in [0.05, 0.1) is 12.3 Å². The van der Waals surface area contributed by atoms with Crippen LogP contribution in [-0.4, -0.2) is 52.6 Å². The molecule has 0 amide bonds. The van der Waals surface area contributed by atoms with Crippen LogP contribution in [0.4, 0.5) is 4.39 Å². The first-order valence-electron chi connectivity index (χ1n) is 8.26. The Balaban J connectivity index is 2.70. The molecule has 0 aliphatic carbocycles. The molecule has 0 fully saturated rings. The highest BCUT2D eigenvalue weighted by molar-refractivity contribution is 7.90. The number of ether oxygens (including phenoxy) is 1. The van der Waals surface area contributed by atoms with Gasteiger partial charge in [-0.3, -0.25) is 4.99 Å². The van der Waals surface area contributed by atoms with E-state index in [1.807, 2.05) is 13.8 Å². The number of hydrogen-bond donors (Lipinski definition) is 2. The van der Waals surface area contributed by atoms with Crippen molar-refractivity contribution >= 4 is 15.8 Å². The van der Waals surface area contributed by atoms with Crippen molar-refractivity contribution < 1.29 is 17.5 Å². The number of rotatable bonds is 9. The third-order valence-corrected chi connectivity index (χ3v) is 4.57. The van der Waals surface area contributed by atoms with E-state index in [-0.39, 0.29) is 23.7 Å². The van der Waals surface area contributed by atoms with Gasteiger partial charge in [0.25, 0.3) is 0 Å². The lowest BCUT2D eigenvalue weighted by Gasteiger charge is -2.19.